The van der Waals surface area contributed by atoms with Gasteiger partial charge < -0.3 is 15.3 Å². The Morgan fingerprint density at radius 1 is 0.938 bits per heavy atom. The van der Waals surface area contributed by atoms with Crippen LogP contribution in [0.2, 0.25) is 0 Å². The minimum Gasteiger partial charge on any atom is -0.481 e. The number of unbranched alkanes of at least 4 members (excludes halogenated alkanes) is 11. The van der Waals surface area contributed by atoms with Crippen molar-refractivity contribution in [3.63, 3.8) is 0 Å². The molecule has 0 heterocycles. The molecule has 0 saturated heterocycles. The standard InChI is InChI=1S/C26H46O5S/c1-2-3-4-5-6-7-8-9-10-11-12-13-14-15-23(32-21-18-24(27)28)26(31)19-16-22(17-20-26)25(29)30/h14-15,22-23,31H,2-13,16-21H2,1H3,(H,27,28)(H,29,30). The second kappa shape index (κ2) is 17.5. The fourth-order valence-corrected chi connectivity index (χ4v) is 5.77. The normalized spacial score (nSPS) is 22.2. The van der Waals surface area contributed by atoms with Gasteiger partial charge in [0.05, 0.1) is 23.2 Å². The second-order valence-corrected chi connectivity index (χ2v) is 10.7. The van der Waals surface area contributed by atoms with Gasteiger partial charge in [0.15, 0.2) is 0 Å². The van der Waals surface area contributed by atoms with Gasteiger partial charge in [-0.25, -0.2) is 0 Å². The SMILES string of the molecule is CCCCCCCCCCCCCC=CC(SCCC(=O)O)C1(O)CCC(C(=O)O)CC1. The summed E-state index contributed by atoms with van der Waals surface area (Å²) in [5.41, 5.74) is -0.942. The number of aliphatic carboxylic acids is 2. The smallest absolute Gasteiger partial charge is 0.306 e. The summed E-state index contributed by atoms with van der Waals surface area (Å²) in [5.74, 6) is -1.54. The molecule has 186 valence electrons. The Hall–Kier alpha value is -1.01. The average Bonchev–Trinajstić information content (AvgIpc) is 2.75. The third-order valence-corrected chi connectivity index (χ3v) is 8.02. The van der Waals surface area contributed by atoms with Crippen LogP contribution in [0.25, 0.3) is 0 Å². The van der Waals surface area contributed by atoms with Gasteiger partial charge in [-0.3, -0.25) is 9.59 Å². The number of carboxylic acid groups (broad SMARTS) is 2. The average molecular weight is 471 g/mol. The van der Waals surface area contributed by atoms with Crippen LogP contribution >= 0.6 is 11.8 Å². The number of carboxylic acids is 2. The zero-order chi connectivity index (χ0) is 23.7. The summed E-state index contributed by atoms with van der Waals surface area (Å²) < 4.78 is 0. The molecule has 1 aliphatic carbocycles. The monoisotopic (exact) mass is 470 g/mol. The van der Waals surface area contributed by atoms with Gasteiger partial charge in [-0.05, 0) is 38.5 Å². The molecule has 1 aliphatic rings. The zero-order valence-electron chi connectivity index (χ0n) is 20.1. The van der Waals surface area contributed by atoms with E-state index in [0.29, 0.717) is 31.4 Å². The van der Waals surface area contributed by atoms with Crippen molar-refractivity contribution in [2.75, 3.05) is 5.75 Å². The predicted octanol–water partition coefficient (Wildman–Crippen LogP) is 6.83. The van der Waals surface area contributed by atoms with Gasteiger partial charge in [-0.1, -0.05) is 83.3 Å². The Kier molecular flexibility index (Phi) is 15.8. The first-order chi connectivity index (χ1) is 15.4. The zero-order valence-corrected chi connectivity index (χ0v) is 20.9. The Labute approximate surface area is 199 Å². The molecule has 0 aromatic rings. The Morgan fingerprint density at radius 3 is 1.97 bits per heavy atom. The van der Waals surface area contributed by atoms with Gasteiger partial charge in [0.2, 0.25) is 0 Å². The fourth-order valence-electron chi connectivity index (χ4n) is 4.46. The minimum absolute atomic E-state index is 0.0709. The molecule has 0 aromatic carbocycles. The highest BCUT2D eigenvalue weighted by Gasteiger charge is 2.40. The number of hydrogen-bond donors (Lipinski definition) is 3. The first-order valence-corrected chi connectivity index (χ1v) is 13.9. The Bertz CT molecular complexity index is 540. The number of rotatable bonds is 19. The third-order valence-electron chi connectivity index (χ3n) is 6.63. The summed E-state index contributed by atoms with van der Waals surface area (Å²) in [4.78, 5) is 22.1. The van der Waals surface area contributed by atoms with Crippen LogP contribution in [0.15, 0.2) is 12.2 Å². The lowest BCUT2D eigenvalue weighted by molar-refractivity contribution is -0.144. The molecule has 1 fully saturated rings. The van der Waals surface area contributed by atoms with Crippen LogP contribution in [0.1, 0.15) is 116 Å². The largest absolute Gasteiger partial charge is 0.481 e. The lowest BCUT2D eigenvalue weighted by Crippen LogP contribution is -2.44. The van der Waals surface area contributed by atoms with Crippen molar-refractivity contribution in [1.29, 1.82) is 0 Å². The van der Waals surface area contributed by atoms with E-state index in [9.17, 15) is 19.8 Å². The van der Waals surface area contributed by atoms with E-state index in [2.05, 4.69) is 13.0 Å². The van der Waals surface area contributed by atoms with Crippen molar-refractivity contribution in [2.45, 2.75) is 127 Å². The second-order valence-electron chi connectivity index (χ2n) is 9.40. The van der Waals surface area contributed by atoms with Gasteiger partial charge in [0, 0.05) is 5.75 Å². The van der Waals surface area contributed by atoms with Crippen LogP contribution in [-0.2, 0) is 9.59 Å². The van der Waals surface area contributed by atoms with Crippen molar-refractivity contribution in [2.24, 2.45) is 5.92 Å². The quantitative estimate of drug-likeness (QED) is 0.141. The van der Waals surface area contributed by atoms with Crippen LogP contribution in [-0.4, -0.2) is 43.9 Å². The number of carbonyl (C=O) groups is 2. The van der Waals surface area contributed by atoms with Crippen LogP contribution in [0.5, 0.6) is 0 Å². The molecule has 0 spiro atoms. The lowest BCUT2D eigenvalue weighted by Gasteiger charge is -2.39. The first kappa shape index (κ1) is 29.0. The number of thioether (sulfide) groups is 1. The maximum atomic E-state index is 11.2. The van der Waals surface area contributed by atoms with Crippen LogP contribution < -0.4 is 0 Å². The fraction of sp³-hybridized carbons (Fsp3) is 0.846. The summed E-state index contributed by atoms with van der Waals surface area (Å²) >= 11 is 1.48. The predicted molar refractivity (Wildman–Crippen MR) is 133 cm³/mol. The van der Waals surface area contributed by atoms with E-state index in [1.807, 2.05) is 6.08 Å². The van der Waals surface area contributed by atoms with E-state index in [-0.39, 0.29) is 17.6 Å². The maximum Gasteiger partial charge on any atom is 0.306 e. The molecule has 3 N–H and O–H groups in total. The van der Waals surface area contributed by atoms with E-state index >= 15 is 0 Å². The molecule has 1 saturated carbocycles. The van der Waals surface area contributed by atoms with Crippen LogP contribution in [0.4, 0.5) is 0 Å². The van der Waals surface area contributed by atoms with Crippen molar-refractivity contribution in [1.82, 2.24) is 0 Å². The van der Waals surface area contributed by atoms with E-state index < -0.39 is 17.5 Å². The highest BCUT2D eigenvalue weighted by atomic mass is 32.2. The number of aliphatic hydroxyl groups is 1. The van der Waals surface area contributed by atoms with Crippen molar-refractivity contribution in [3.8, 4) is 0 Å². The van der Waals surface area contributed by atoms with Gasteiger partial charge in [0.25, 0.3) is 0 Å². The van der Waals surface area contributed by atoms with E-state index in [0.717, 1.165) is 12.8 Å². The van der Waals surface area contributed by atoms with Crippen LogP contribution in [0.3, 0.4) is 0 Å². The van der Waals surface area contributed by atoms with Crippen LogP contribution in [0, 0.1) is 5.92 Å². The molecule has 0 amide bonds. The van der Waals surface area contributed by atoms with Gasteiger partial charge in [0.1, 0.15) is 0 Å². The van der Waals surface area contributed by atoms with Gasteiger partial charge in [-0.15, -0.1) is 0 Å². The molecule has 1 rings (SSSR count). The Morgan fingerprint density at radius 2 is 1.47 bits per heavy atom. The van der Waals surface area contributed by atoms with Gasteiger partial charge >= 0.3 is 11.9 Å². The first-order valence-electron chi connectivity index (χ1n) is 12.8. The molecule has 6 heteroatoms. The summed E-state index contributed by atoms with van der Waals surface area (Å²) in [6.45, 7) is 2.25. The molecule has 0 aliphatic heterocycles. The summed E-state index contributed by atoms with van der Waals surface area (Å²) in [6, 6.07) is 0. The molecule has 5 nitrogen and oxygen atoms in total. The highest BCUT2D eigenvalue weighted by molar-refractivity contribution is 8.00. The van der Waals surface area contributed by atoms with Crippen molar-refractivity contribution < 1.29 is 24.9 Å². The topological polar surface area (TPSA) is 94.8 Å². The maximum absolute atomic E-state index is 11.2. The molecule has 32 heavy (non-hydrogen) atoms. The lowest BCUT2D eigenvalue weighted by atomic mass is 9.77. The Balaban J connectivity index is 2.30. The molecule has 0 aromatic heterocycles. The molecule has 1 atom stereocenters. The number of allylic oxidation sites excluding steroid dienone is 1. The summed E-state index contributed by atoms with van der Waals surface area (Å²) in [7, 11) is 0. The molecular formula is C26H46O5S. The van der Waals surface area contributed by atoms with Crippen molar-refractivity contribution >= 4 is 23.7 Å². The minimum atomic E-state index is -0.942. The highest BCUT2D eigenvalue weighted by Crippen LogP contribution is 2.40. The third kappa shape index (κ3) is 12.9. The number of hydrogen-bond acceptors (Lipinski definition) is 4. The van der Waals surface area contributed by atoms with E-state index in [1.54, 1.807) is 0 Å². The molecular weight excluding hydrogens is 424 g/mol. The summed E-state index contributed by atoms with van der Waals surface area (Å²) in [6.07, 6.45) is 21.6. The van der Waals surface area contributed by atoms with Crippen molar-refractivity contribution in [3.05, 3.63) is 12.2 Å². The molecule has 1 unspecified atom stereocenters. The molecule has 0 radical (unpaired) electrons. The summed E-state index contributed by atoms with van der Waals surface area (Å²) in [5, 5.41) is 29.2. The van der Waals surface area contributed by atoms with E-state index in [4.69, 9.17) is 5.11 Å². The van der Waals surface area contributed by atoms with E-state index in [1.165, 1.54) is 76.0 Å². The molecule has 0 bridgehead atoms. The van der Waals surface area contributed by atoms with Gasteiger partial charge in [-0.2, -0.15) is 11.8 Å².